The largest absolute Gasteiger partial charge is 0.364 e. The Labute approximate surface area is 121 Å². The minimum absolute atomic E-state index is 0.359. The number of imidazole rings is 1. The lowest BCUT2D eigenvalue weighted by atomic mass is 10.2. The van der Waals surface area contributed by atoms with Gasteiger partial charge in [-0.15, -0.1) is 11.6 Å². The van der Waals surface area contributed by atoms with Crippen LogP contribution in [0, 0.1) is 0 Å². The van der Waals surface area contributed by atoms with Crippen molar-refractivity contribution in [3.63, 3.8) is 0 Å². The lowest BCUT2D eigenvalue weighted by molar-refractivity contribution is 0.409. The van der Waals surface area contributed by atoms with E-state index in [-0.39, 0.29) is 0 Å². The third kappa shape index (κ3) is 2.10. The Bertz CT molecular complexity index is 713. The highest BCUT2D eigenvalue weighted by Gasteiger charge is 2.19. The van der Waals surface area contributed by atoms with Gasteiger partial charge < -0.3 is 9.09 Å². The molecule has 0 N–H and O–H groups in total. The number of aryl methyl sites for hydroxylation is 2. The number of hydrogen-bond acceptors (Lipinski definition) is 4. The molecule has 0 fully saturated rings. The zero-order chi connectivity index (χ0) is 14.1. The van der Waals surface area contributed by atoms with Gasteiger partial charge in [-0.25, -0.2) is 4.98 Å². The van der Waals surface area contributed by atoms with Crippen LogP contribution in [0.2, 0.25) is 0 Å². The average molecular weight is 294 g/mol. The van der Waals surface area contributed by atoms with Gasteiger partial charge in [0.05, 0.1) is 18.1 Å². The Balaban J connectivity index is 2.13. The van der Waals surface area contributed by atoms with Crippen molar-refractivity contribution in [3.8, 4) is 0 Å². The molecule has 0 aromatic carbocycles. The lowest BCUT2D eigenvalue weighted by Crippen LogP contribution is -2.07. The molecule has 3 aromatic heterocycles. The van der Waals surface area contributed by atoms with Crippen molar-refractivity contribution >= 4 is 22.8 Å². The number of aromatic nitrogens is 5. The van der Waals surface area contributed by atoms with E-state index in [0.717, 1.165) is 41.2 Å². The molecular weight excluding hydrogens is 278 g/mol. The standard InChI is InChI=1S/C13H16ClN5O/c1-3-4-10-12-13(18(2)16-10)19(11(7-14)15-12)8-9-5-6-20-17-9/h5-6H,3-4,7-8H2,1-2H3. The van der Waals surface area contributed by atoms with Crippen LogP contribution in [0.1, 0.15) is 30.6 Å². The van der Waals surface area contributed by atoms with E-state index in [4.69, 9.17) is 16.1 Å². The van der Waals surface area contributed by atoms with E-state index in [0.29, 0.717) is 12.4 Å². The zero-order valence-electron chi connectivity index (χ0n) is 11.5. The molecule has 6 nitrogen and oxygen atoms in total. The molecule has 0 atom stereocenters. The van der Waals surface area contributed by atoms with Gasteiger partial charge in [-0.05, 0) is 6.42 Å². The summed E-state index contributed by atoms with van der Waals surface area (Å²) >= 11 is 6.03. The van der Waals surface area contributed by atoms with Crippen LogP contribution in [0.3, 0.4) is 0 Å². The maximum atomic E-state index is 6.03. The van der Waals surface area contributed by atoms with Crippen molar-refractivity contribution in [1.29, 1.82) is 0 Å². The Morgan fingerprint density at radius 2 is 2.25 bits per heavy atom. The first kappa shape index (κ1) is 13.2. The summed E-state index contributed by atoms with van der Waals surface area (Å²) in [6, 6.07) is 1.84. The van der Waals surface area contributed by atoms with E-state index in [1.807, 2.05) is 22.4 Å². The molecule has 7 heteroatoms. The molecule has 0 saturated carbocycles. The fourth-order valence-electron chi connectivity index (χ4n) is 2.44. The topological polar surface area (TPSA) is 61.7 Å². The summed E-state index contributed by atoms with van der Waals surface area (Å²) in [5.41, 5.74) is 3.78. The monoisotopic (exact) mass is 293 g/mol. The molecule has 0 amide bonds. The van der Waals surface area contributed by atoms with Gasteiger partial charge in [-0.2, -0.15) is 5.10 Å². The van der Waals surface area contributed by atoms with E-state index in [1.54, 1.807) is 6.26 Å². The van der Waals surface area contributed by atoms with Gasteiger partial charge in [-0.1, -0.05) is 18.5 Å². The van der Waals surface area contributed by atoms with Crippen molar-refractivity contribution in [1.82, 2.24) is 24.5 Å². The molecule has 106 valence electrons. The van der Waals surface area contributed by atoms with Gasteiger partial charge in [0, 0.05) is 13.1 Å². The predicted molar refractivity (Wildman–Crippen MR) is 75.7 cm³/mol. The van der Waals surface area contributed by atoms with Gasteiger partial charge in [0.1, 0.15) is 23.3 Å². The first-order valence-electron chi connectivity index (χ1n) is 6.60. The van der Waals surface area contributed by atoms with Crippen molar-refractivity contribution in [2.45, 2.75) is 32.2 Å². The minimum atomic E-state index is 0.359. The number of alkyl halides is 1. The number of halogens is 1. The maximum Gasteiger partial charge on any atom is 0.159 e. The molecule has 3 heterocycles. The summed E-state index contributed by atoms with van der Waals surface area (Å²) < 4.78 is 8.80. The van der Waals surface area contributed by atoms with Crippen LogP contribution < -0.4 is 0 Å². The van der Waals surface area contributed by atoms with Gasteiger partial charge >= 0.3 is 0 Å². The molecule has 20 heavy (non-hydrogen) atoms. The number of hydrogen-bond donors (Lipinski definition) is 0. The Kier molecular flexibility index (Phi) is 3.48. The summed E-state index contributed by atoms with van der Waals surface area (Å²) in [4.78, 5) is 4.64. The Morgan fingerprint density at radius 3 is 2.90 bits per heavy atom. The molecule has 0 aliphatic rings. The number of rotatable bonds is 5. The number of fused-ring (bicyclic) bond motifs is 1. The fourth-order valence-corrected chi connectivity index (χ4v) is 2.65. The maximum absolute atomic E-state index is 6.03. The van der Waals surface area contributed by atoms with Crippen LogP contribution in [0.15, 0.2) is 16.9 Å². The predicted octanol–water partition coefficient (Wildman–Crippen LogP) is 2.50. The quantitative estimate of drug-likeness (QED) is 0.678. The molecular formula is C13H16ClN5O. The highest BCUT2D eigenvalue weighted by Crippen LogP contribution is 2.22. The third-order valence-corrected chi connectivity index (χ3v) is 3.53. The third-order valence-electron chi connectivity index (χ3n) is 3.29. The summed E-state index contributed by atoms with van der Waals surface area (Å²) in [5, 5.41) is 8.50. The van der Waals surface area contributed by atoms with E-state index in [2.05, 4.69) is 22.2 Å². The van der Waals surface area contributed by atoms with Crippen LogP contribution in [0.25, 0.3) is 11.2 Å². The normalized spacial score (nSPS) is 11.6. The molecule has 0 aliphatic carbocycles. The Morgan fingerprint density at radius 1 is 1.40 bits per heavy atom. The fraction of sp³-hybridized carbons (Fsp3) is 0.462. The van der Waals surface area contributed by atoms with Gasteiger partial charge in [0.2, 0.25) is 0 Å². The van der Waals surface area contributed by atoms with Crippen molar-refractivity contribution < 1.29 is 4.52 Å². The Hall–Kier alpha value is -1.82. The van der Waals surface area contributed by atoms with E-state index < -0.39 is 0 Å². The summed E-state index contributed by atoms with van der Waals surface area (Å²) in [6.07, 6.45) is 3.52. The molecule has 3 aromatic rings. The molecule has 0 bridgehead atoms. The van der Waals surface area contributed by atoms with Crippen molar-refractivity contribution in [2.75, 3.05) is 0 Å². The van der Waals surface area contributed by atoms with Gasteiger partial charge in [0.25, 0.3) is 0 Å². The summed E-state index contributed by atoms with van der Waals surface area (Å²) in [6.45, 7) is 2.72. The molecule has 0 spiro atoms. The zero-order valence-corrected chi connectivity index (χ0v) is 12.3. The smallest absolute Gasteiger partial charge is 0.159 e. The molecule has 0 saturated heterocycles. The second kappa shape index (κ2) is 5.28. The van der Waals surface area contributed by atoms with Crippen LogP contribution >= 0.6 is 11.6 Å². The highest BCUT2D eigenvalue weighted by atomic mass is 35.5. The molecule has 0 radical (unpaired) electrons. The highest BCUT2D eigenvalue weighted by molar-refractivity contribution is 6.16. The first-order valence-corrected chi connectivity index (χ1v) is 7.14. The van der Waals surface area contributed by atoms with Crippen LogP contribution in [-0.4, -0.2) is 24.5 Å². The SMILES string of the molecule is CCCc1nn(C)c2c1nc(CCl)n2Cc1ccon1. The molecule has 3 rings (SSSR count). The second-order valence-electron chi connectivity index (χ2n) is 4.73. The summed E-state index contributed by atoms with van der Waals surface area (Å²) in [5.74, 6) is 1.19. The van der Waals surface area contributed by atoms with Crippen LogP contribution in [-0.2, 0) is 25.9 Å². The van der Waals surface area contributed by atoms with Crippen molar-refractivity contribution in [2.24, 2.45) is 7.05 Å². The molecule has 0 unspecified atom stereocenters. The molecule has 0 aliphatic heterocycles. The average Bonchev–Trinajstić information content (AvgIpc) is 3.11. The second-order valence-corrected chi connectivity index (χ2v) is 5.00. The van der Waals surface area contributed by atoms with Gasteiger partial charge in [-0.3, -0.25) is 4.68 Å². The first-order chi connectivity index (χ1) is 9.74. The summed E-state index contributed by atoms with van der Waals surface area (Å²) in [7, 11) is 1.93. The van der Waals surface area contributed by atoms with Crippen LogP contribution in [0.5, 0.6) is 0 Å². The van der Waals surface area contributed by atoms with Gasteiger partial charge in [0.15, 0.2) is 5.65 Å². The minimum Gasteiger partial charge on any atom is -0.364 e. The van der Waals surface area contributed by atoms with E-state index in [9.17, 15) is 0 Å². The van der Waals surface area contributed by atoms with Crippen LogP contribution in [0.4, 0.5) is 0 Å². The van der Waals surface area contributed by atoms with E-state index >= 15 is 0 Å². The van der Waals surface area contributed by atoms with Crippen molar-refractivity contribution in [3.05, 3.63) is 29.5 Å². The van der Waals surface area contributed by atoms with E-state index in [1.165, 1.54) is 0 Å². The number of nitrogens with zero attached hydrogens (tertiary/aromatic N) is 5. The lowest BCUT2D eigenvalue weighted by Gasteiger charge is -2.05.